The van der Waals surface area contributed by atoms with E-state index in [-0.39, 0.29) is 28.2 Å². The summed E-state index contributed by atoms with van der Waals surface area (Å²) in [6, 6.07) is -2.15. The van der Waals surface area contributed by atoms with Crippen LogP contribution in [0.3, 0.4) is 0 Å². The van der Waals surface area contributed by atoms with Gasteiger partial charge < -0.3 is 15.5 Å². The number of rotatable bonds is 9. The molecule has 3 N–H and O–H groups in total. The third kappa shape index (κ3) is 5.36. The predicted octanol–water partition coefficient (Wildman–Crippen LogP) is -0.468. The van der Waals surface area contributed by atoms with Gasteiger partial charge >= 0.3 is 10.3 Å². The number of amides is 3. The first-order valence-electron chi connectivity index (χ1n) is 7.67. The summed E-state index contributed by atoms with van der Waals surface area (Å²) in [7, 11) is -3.55. The Bertz CT molecular complexity index is 935. The summed E-state index contributed by atoms with van der Waals surface area (Å²) in [6.45, 7) is 0. The number of nitrogens with zero attached hydrogens (tertiary/aromatic N) is 3. The van der Waals surface area contributed by atoms with Gasteiger partial charge in [0.15, 0.2) is 10.8 Å². The number of oxime groups is 1. The summed E-state index contributed by atoms with van der Waals surface area (Å²) in [4.78, 5) is 44.8. The van der Waals surface area contributed by atoms with E-state index in [1.165, 1.54) is 24.3 Å². The topological polar surface area (TPSA) is 167 Å². The summed E-state index contributed by atoms with van der Waals surface area (Å²) >= 11 is 7.64. The van der Waals surface area contributed by atoms with E-state index >= 15 is 0 Å². The van der Waals surface area contributed by atoms with Crippen LogP contribution >= 0.6 is 34.7 Å². The summed E-state index contributed by atoms with van der Waals surface area (Å²) in [5.41, 5.74) is -0.241. The molecule has 1 aliphatic rings. The minimum absolute atomic E-state index is 0.0547. The number of β-lactam (4-membered cyclic amide) rings is 1. The molecule has 29 heavy (non-hydrogen) atoms. The molecule has 2 rings (SSSR count). The van der Waals surface area contributed by atoms with Gasteiger partial charge in [-0.25, -0.2) is 9.29 Å². The first kappa shape index (κ1) is 23.3. The Morgan fingerprint density at radius 1 is 1.52 bits per heavy atom. The molecule has 0 saturated carbocycles. The molecule has 0 spiro atoms. The summed E-state index contributed by atoms with van der Waals surface area (Å²) in [5, 5.41) is 9.97. The lowest BCUT2D eigenvalue weighted by molar-refractivity contribution is -0.143. The van der Waals surface area contributed by atoms with E-state index in [4.69, 9.17) is 11.6 Å². The van der Waals surface area contributed by atoms with E-state index in [9.17, 15) is 27.4 Å². The minimum Gasteiger partial charge on any atom is -0.398 e. The van der Waals surface area contributed by atoms with Crippen LogP contribution < -0.4 is 10.6 Å². The number of carbonyl (C=O) groups is 3. The highest BCUT2D eigenvalue weighted by atomic mass is 35.5. The van der Waals surface area contributed by atoms with E-state index in [1.807, 2.05) is 0 Å². The first-order valence-corrected chi connectivity index (χ1v) is 11.9. The predicted molar refractivity (Wildman–Crippen MR) is 108 cm³/mol. The molecule has 1 fully saturated rings. The molecule has 1 saturated heterocycles. The van der Waals surface area contributed by atoms with E-state index in [1.54, 1.807) is 6.26 Å². The van der Waals surface area contributed by atoms with Gasteiger partial charge in [0.25, 0.3) is 11.8 Å². The van der Waals surface area contributed by atoms with Crippen molar-refractivity contribution in [3.05, 3.63) is 11.1 Å². The lowest BCUT2D eigenvalue weighted by Crippen LogP contribution is -2.73. The minimum atomic E-state index is -4.75. The van der Waals surface area contributed by atoms with Crippen LogP contribution in [0.1, 0.15) is 5.69 Å². The van der Waals surface area contributed by atoms with Gasteiger partial charge in [-0.3, -0.25) is 18.9 Å². The molecule has 0 bridgehead atoms. The number of halogens is 1. The Morgan fingerprint density at radius 2 is 2.21 bits per heavy atom. The molecule has 12 nitrogen and oxygen atoms in total. The van der Waals surface area contributed by atoms with Crippen LogP contribution in [-0.2, 0) is 29.5 Å². The Labute approximate surface area is 178 Å². The average molecular weight is 486 g/mol. The largest absolute Gasteiger partial charge is 0.398 e. The van der Waals surface area contributed by atoms with Gasteiger partial charge in [0.2, 0.25) is 5.91 Å². The van der Waals surface area contributed by atoms with Crippen molar-refractivity contribution in [2.24, 2.45) is 5.16 Å². The second kappa shape index (κ2) is 9.71. The maximum absolute atomic E-state index is 12.6. The van der Waals surface area contributed by atoms with Crippen LogP contribution in [0.5, 0.6) is 0 Å². The summed E-state index contributed by atoms with van der Waals surface area (Å²) < 4.78 is 32.2. The molecule has 1 aliphatic heterocycles. The smallest absolute Gasteiger partial charge is 0.362 e. The third-order valence-electron chi connectivity index (χ3n) is 3.55. The molecule has 0 unspecified atom stereocenters. The number of thiazole rings is 1. The van der Waals surface area contributed by atoms with Crippen molar-refractivity contribution in [1.82, 2.24) is 14.6 Å². The number of hydrogen-bond acceptors (Lipinski definition) is 10. The molecule has 160 valence electrons. The van der Waals surface area contributed by atoms with Crippen LogP contribution in [-0.4, -0.2) is 82.8 Å². The Kier molecular flexibility index (Phi) is 7.81. The number of aromatic nitrogens is 1. The molecule has 3 amide bonds. The average Bonchev–Trinajstić information content (AvgIpc) is 3.10. The van der Waals surface area contributed by atoms with Crippen molar-refractivity contribution in [2.75, 3.05) is 30.3 Å². The van der Waals surface area contributed by atoms with Crippen molar-refractivity contribution < 1.29 is 32.2 Å². The lowest BCUT2D eigenvalue weighted by atomic mass is 10.0. The van der Waals surface area contributed by atoms with Gasteiger partial charge in [-0.2, -0.15) is 20.2 Å². The van der Waals surface area contributed by atoms with Crippen LogP contribution in [0.4, 0.5) is 5.13 Å². The van der Waals surface area contributed by atoms with Gasteiger partial charge in [0, 0.05) is 11.1 Å². The number of carbonyl (C=O) groups excluding carboxylic acids is 3. The van der Waals surface area contributed by atoms with Crippen molar-refractivity contribution >= 4 is 73.6 Å². The lowest BCUT2D eigenvalue weighted by Gasteiger charge is -2.43. The van der Waals surface area contributed by atoms with E-state index in [0.717, 1.165) is 11.3 Å². The van der Waals surface area contributed by atoms with E-state index in [2.05, 4.69) is 25.6 Å². The van der Waals surface area contributed by atoms with Crippen molar-refractivity contribution in [3.63, 3.8) is 0 Å². The van der Waals surface area contributed by atoms with E-state index in [0.29, 0.717) is 4.31 Å². The Balaban J connectivity index is 2.19. The molecule has 0 aromatic carbocycles. The highest BCUT2D eigenvalue weighted by molar-refractivity contribution is 7.98. The number of hydrogen-bond donors (Lipinski definition) is 3. The highest BCUT2D eigenvalue weighted by Gasteiger charge is 2.53. The van der Waals surface area contributed by atoms with Gasteiger partial charge in [-0.05, 0) is 6.26 Å². The maximum Gasteiger partial charge on any atom is 0.362 e. The monoisotopic (exact) mass is 485 g/mol. The zero-order valence-electron chi connectivity index (χ0n) is 15.0. The van der Waals surface area contributed by atoms with Crippen LogP contribution in [0.25, 0.3) is 0 Å². The molecule has 2 atom stereocenters. The van der Waals surface area contributed by atoms with E-state index < -0.39 is 40.1 Å². The first-order chi connectivity index (χ1) is 13.6. The molecular weight excluding hydrogens is 470 g/mol. The van der Waals surface area contributed by atoms with Gasteiger partial charge in [-0.1, -0.05) is 5.16 Å². The molecule has 16 heteroatoms. The van der Waals surface area contributed by atoms with Crippen molar-refractivity contribution in [1.29, 1.82) is 0 Å². The molecule has 1 aromatic heterocycles. The van der Waals surface area contributed by atoms with Crippen LogP contribution in [0.15, 0.2) is 10.5 Å². The number of thioether (sulfide) groups is 1. The fraction of sp³-hybridized carbons (Fsp3) is 0.462. The standard InChI is InChI=1S/C13H16ClN5O7S3/c1-26-18-9(6-4-28-13(15-6)16-8(20)3-14)11(21)17-10-7(5-27-2)19(12(10)22)29(23,24)25/h4,7,10H,3,5H2,1-2H3,(H,17,21)(H,15,16,20)(H,23,24,25)/b18-9-/t7-,10+/m0/s1. The quantitative estimate of drug-likeness (QED) is 0.138. The van der Waals surface area contributed by atoms with Gasteiger partial charge in [0.05, 0.1) is 6.04 Å². The number of alkyl halides is 1. The molecule has 2 heterocycles. The normalized spacial score (nSPS) is 19.5. The molecule has 0 aliphatic carbocycles. The van der Waals surface area contributed by atoms with Gasteiger partial charge in [0.1, 0.15) is 24.7 Å². The van der Waals surface area contributed by atoms with Gasteiger partial charge in [-0.15, -0.1) is 22.9 Å². The van der Waals surface area contributed by atoms with Crippen molar-refractivity contribution in [3.8, 4) is 0 Å². The Morgan fingerprint density at radius 3 is 2.76 bits per heavy atom. The van der Waals surface area contributed by atoms with Crippen LogP contribution in [0.2, 0.25) is 0 Å². The zero-order chi connectivity index (χ0) is 21.8. The number of nitrogens with one attached hydrogen (secondary N) is 2. The van der Waals surface area contributed by atoms with Crippen LogP contribution in [0, 0.1) is 0 Å². The third-order valence-corrected chi connectivity index (χ3v) is 6.18. The summed E-state index contributed by atoms with van der Waals surface area (Å²) in [5.74, 6) is -2.46. The fourth-order valence-corrected chi connectivity index (χ4v) is 4.83. The Hall–Kier alpha value is -1.94. The zero-order valence-corrected chi connectivity index (χ0v) is 18.2. The second-order valence-electron chi connectivity index (χ2n) is 5.43. The number of anilines is 1. The van der Waals surface area contributed by atoms with Crippen molar-refractivity contribution in [2.45, 2.75) is 12.1 Å². The fourth-order valence-electron chi connectivity index (χ4n) is 2.39. The summed E-state index contributed by atoms with van der Waals surface area (Å²) in [6.07, 6.45) is 1.67. The molecule has 1 aromatic rings. The second-order valence-corrected chi connectivity index (χ2v) is 8.75. The SMILES string of the molecule is CO/N=C(\C(=O)N[C@H]1C(=O)N(S(=O)(=O)O)[C@H]1CSC)c1csc(NC(=O)CCl)n1. The molecule has 0 radical (unpaired) electrons. The maximum atomic E-state index is 12.6. The highest BCUT2D eigenvalue weighted by Crippen LogP contribution is 2.26. The molecular formula is C13H16ClN5O7S3.